The number of aromatic hydroxyl groups is 1. The highest BCUT2D eigenvalue weighted by Gasteiger charge is 2.36. The normalized spacial score (nSPS) is 16.7. The molecule has 1 saturated heterocycles. The monoisotopic (exact) mass is 503 g/mol. The number of hydrogen-bond acceptors (Lipinski definition) is 10. The highest BCUT2D eigenvalue weighted by Crippen LogP contribution is 2.46. The maximum absolute atomic E-state index is 13.2. The van der Waals surface area contributed by atoms with E-state index in [1.54, 1.807) is 48.9 Å². The Balaban J connectivity index is 1.53. The predicted octanol–water partition coefficient (Wildman–Crippen LogP) is 3.42. The zero-order valence-electron chi connectivity index (χ0n) is 20.1. The molecule has 2 aliphatic rings. The molecule has 1 aromatic heterocycles. The first-order valence-electron chi connectivity index (χ1n) is 11.8. The lowest BCUT2D eigenvalue weighted by Gasteiger charge is -2.25. The Labute approximate surface area is 213 Å². The molecule has 1 fully saturated rings. The van der Waals surface area contributed by atoms with Crippen LogP contribution in [0.1, 0.15) is 33.8 Å². The fourth-order valence-corrected chi connectivity index (χ4v) is 4.34. The van der Waals surface area contributed by atoms with Crippen LogP contribution in [0.2, 0.25) is 0 Å². The first-order chi connectivity index (χ1) is 18.0. The first kappa shape index (κ1) is 24.3. The summed E-state index contributed by atoms with van der Waals surface area (Å²) in [6.07, 6.45) is 4.70. The van der Waals surface area contributed by atoms with E-state index >= 15 is 0 Å². The Bertz CT molecular complexity index is 1340. The second-order valence-electron chi connectivity index (χ2n) is 8.49. The van der Waals surface area contributed by atoms with Gasteiger partial charge in [0.2, 0.25) is 5.78 Å². The number of Topliss-reactive ketones (excluding diaryl/α,β-unsaturated/α-hetero) is 1. The Hall–Kier alpha value is -4.44. The number of aromatic nitrogens is 2. The van der Waals surface area contributed by atoms with Crippen LogP contribution in [0.25, 0.3) is 0 Å². The van der Waals surface area contributed by atoms with Crippen molar-refractivity contribution in [3.05, 3.63) is 83.5 Å². The molecular formula is C27H25N3O7. The number of morpholine rings is 1. The first-order valence-corrected chi connectivity index (χ1v) is 11.8. The molecule has 0 unspecified atom stereocenters. The summed E-state index contributed by atoms with van der Waals surface area (Å²) in [5.41, 5.74) is 1.27. The number of nitrogens with zero attached hydrogens (tertiary/aromatic N) is 3. The summed E-state index contributed by atoms with van der Waals surface area (Å²) >= 11 is 0. The Morgan fingerprint density at radius 1 is 1.16 bits per heavy atom. The number of phenolic OH excluding ortho intramolecular Hbond substituents is 1. The number of ketones is 1. The van der Waals surface area contributed by atoms with Gasteiger partial charge in [0.1, 0.15) is 17.2 Å². The molecule has 1 N–H and O–H groups in total. The summed E-state index contributed by atoms with van der Waals surface area (Å²) in [5, 5.41) is 10.9. The van der Waals surface area contributed by atoms with Gasteiger partial charge in [0.05, 0.1) is 32.3 Å². The van der Waals surface area contributed by atoms with E-state index in [0.717, 1.165) is 0 Å². The molecule has 3 heterocycles. The number of ether oxygens (including phenoxy) is 4. The van der Waals surface area contributed by atoms with Crippen LogP contribution in [0.15, 0.2) is 66.8 Å². The number of allylic oxidation sites excluding steroid dienone is 1. The molecule has 0 aliphatic carbocycles. The molecule has 0 amide bonds. The molecule has 5 rings (SSSR count). The second-order valence-corrected chi connectivity index (χ2v) is 8.49. The minimum atomic E-state index is -0.696. The third-order valence-electron chi connectivity index (χ3n) is 6.16. The highest BCUT2D eigenvalue weighted by atomic mass is 16.5. The third-order valence-corrected chi connectivity index (χ3v) is 6.16. The van der Waals surface area contributed by atoms with Gasteiger partial charge in [-0.2, -0.15) is 0 Å². The molecule has 10 heteroatoms. The van der Waals surface area contributed by atoms with Crippen molar-refractivity contribution in [2.75, 3.05) is 33.4 Å². The number of carbonyl (C=O) groups is 2. The fraction of sp³-hybridized carbons (Fsp3) is 0.259. The molecule has 0 radical (unpaired) electrons. The fourth-order valence-electron chi connectivity index (χ4n) is 4.34. The molecule has 10 nitrogen and oxygen atoms in total. The van der Waals surface area contributed by atoms with Crippen LogP contribution in [-0.4, -0.2) is 65.1 Å². The summed E-state index contributed by atoms with van der Waals surface area (Å²) in [5.74, 6) is -0.777. The minimum absolute atomic E-state index is 0.105. The maximum atomic E-state index is 13.2. The molecule has 2 aliphatic heterocycles. The zero-order chi connectivity index (χ0) is 25.8. The summed E-state index contributed by atoms with van der Waals surface area (Å²) in [6.45, 7) is 2.39. The zero-order valence-corrected chi connectivity index (χ0v) is 20.1. The third kappa shape index (κ3) is 5.24. The molecule has 1 atom stereocenters. The Kier molecular flexibility index (Phi) is 7.00. The molecule has 37 heavy (non-hydrogen) atoms. The second kappa shape index (κ2) is 10.7. The summed E-state index contributed by atoms with van der Waals surface area (Å²) in [4.78, 5) is 35.7. The molecule has 0 saturated carbocycles. The summed E-state index contributed by atoms with van der Waals surface area (Å²) in [6, 6.07) is 11.8. The largest absolute Gasteiger partial charge is 0.508 e. The number of benzene rings is 2. The van der Waals surface area contributed by atoms with Crippen molar-refractivity contribution < 1.29 is 33.6 Å². The topological polar surface area (TPSA) is 120 Å². The van der Waals surface area contributed by atoms with Crippen molar-refractivity contribution in [2.24, 2.45) is 0 Å². The van der Waals surface area contributed by atoms with E-state index in [0.29, 0.717) is 48.7 Å². The van der Waals surface area contributed by atoms with Crippen LogP contribution in [-0.2, 0) is 14.3 Å². The van der Waals surface area contributed by atoms with E-state index < -0.39 is 11.9 Å². The number of phenols is 1. The lowest BCUT2D eigenvalue weighted by molar-refractivity contribution is -0.140. The summed E-state index contributed by atoms with van der Waals surface area (Å²) < 4.78 is 22.1. The van der Waals surface area contributed by atoms with Crippen LogP contribution in [0, 0.1) is 0 Å². The van der Waals surface area contributed by atoms with Crippen molar-refractivity contribution in [3.8, 4) is 23.3 Å². The smallest absolute Gasteiger partial charge is 0.321 e. The van der Waals surface area contributed by atoms with Gasteiger partial charge < -0.3 is 29.0 Å². The lowest BCUT2D eigenvalue weighted by atomic mass is 9.86. The van der Waals surface area contributed by atoms with E-state index in [9.17, 15) is 14.7 Å². The SMILES string of the molecule is COC(=O)C[C@H](c1cccc(Oc2ncccn2)c1)c1c(O)ccc2c1O/C(=C\N1CCOCC1)C2=O. The summed E-state index contributed by atoms with van der Waals surface area (Å²) in [7, 11) is 1.30. The molecule has 0 spiro atoms. The van der Waals surface area contributed by atoms with Gasteiger partial charge >= 0.3 is 12.0 Å². The van der Waals surface area contributed by atoms with Crippen LogP contribution in [0.5, 0.6) is 23.3 Å². The number of hydrogen-bond donors (Lipinski definition) is 1. The number of rotatable bonds is 7. The van der Waals surface area contributed by atoms with Gasteiger partial charge in [-0.25, -0.2) is 9.97 Å². The average molecular weight is 504 g/mol. The molecule has 3 aromatic rings. The van der Waals surface area contributed by atoms with Crippen molar-refractivity contribution in [1.82, 2.24) is 14.9 Å². The number of esters is 1. The van der Waals surface area contributed by atoms with Gasteiger partial charge in [-0.3, -0.25) is 9.59 Å². The van der Waals surface area contributed by atoms with Crippen molar-refractivity contribution in [3.63, 3.8) is 0 Å². The van der Waals surface area contributed by atoms with Crippen molar-refractivity contribution in [2.45, 2.75) is 12.3 Å². The molecule has 0 bridgehead atoms. The number of methoxy groups -OCH3 is 1. The van der Waals surface area contributed by atoms with Crippen molar-refractivity contribution >= 4 is 11.8 Å². The van der Waals surface area contributed by atoms with Crippen LogP contribution < -0.4 is 9.47 Å². The van der Waals surface area contributed by atoms with Crippen LogP contribution in [0.4, 0.5) is 0 Å². The molecule has 190 valence electrons. The minimum Gasteiger partial charge on any atom is -0.508 e. The van der Waals surface area contributed by atoms with Crippen LogP contribution >= 0.6 is 0 Å². The van der Waals surface area contributed by atoms with Crippen LogP contribution in [0.3, 0.4) is 0 Å². The van der Waals surface area contributed by atoms with Gasteiger partial charge in [-0.15, -0.1) is 0 Å². The van der Waals surface area contributed by atoms with Gasteiger partial charge in [-0.05, 0) is 35.9 Å². The van der Waals surface area contributed by atoms with Gasteiger partial charge in [-0.1, -0.05) is 12.1 Å². The standard InChI is InChI=1S/C27H25N3O7/c1-34-23(32)15-20(17-4-2-5-18(14-17)36-27-28-8-3-9-29-27)24-21(31)7-6-19-25(33)22(37-26(19)24)16-30-10-12-35-13-11-30/h2-9,14,16,20,31H,10-13,15H2,1H3/b22-16-/t20-/m1/s1. The van der Waals surface area contributed by atoms with Gasteiger partial charge in [0.15, 0.2) is 5.76 Å². The molecule has 2 aromatic carbocycles. The maximum Gasteiger partial charge on any atom is 0.321 e. The van der Waals surface area contributed by atoms with E-state index in [1.165, 1.54) is 19.2 Å². The lowest BCUT2D eigenvalue weighted by Crippen LogP contribution is -2.32. The van der Waals surface area contributed by atoms with Crippen molar-refractivity contribution in [1.29, 1.82) is 0 Å². The highest BCUT2D eigenvalue weighted by molar-refractivity contribution is 6.12. The van der Waals surface area contributed by atoms with E-state index in [1.807, 2.05) is 4.90 Å². The van der Waals surface area contributed by atoms with Gasteiger partial charge in [0.25, 0.3) is 0 Å². The Morgan fingerprint density at radius 2 is 1.95 bits per heavy atom. The van der Waals surface area contributed by atoms with Gasteiger partial charge in [0, 0.05) is 43.2 Å². The van der Waals surface area contributed by atoms with E-state index in [2.05, 4.69) is 9.97 Å². The Morgan fingerprint density at radius 3 is 2.70 bits per heavy atom. The average Bonchev–Trinajstić information content (AvgIpc) is 3.23. The van der Waals surface area contributed by atoms with E-state index in [-0.39, 0.29) is 35.5 Å². The number of fused-ring (bicyclic) bond motifs is 1. The molecular weight excluding hydrogens is 478 g/mol. The van der Waals surface area contributed by atoms with E-state index in [4.69, 9.17) is 18.9 Å². The predicted molar refractivity (Wildman–Crippen MR) is 131 cm³/mol. The number of carbonyl (C=O) groups excluding carboxylic acids is 2. The quantitative estimate of drug-likeness (QED) is 0.379.